The molecule has 1 saturated carbocycles. The third-order valence-corrected chi connectivity index (χ3v) is 9.25. The molecule has 1 fully saturated rings. The Morgan fingerprint density at radius 2 is 1.90 bits per heavy atom. The maximum Gasteiger partial charge on any atom is 0.263 e. The van der Waals surface area contributed by atoms with Gasteiger partial charge in [0, 0.05) is 23.7 Å². The van der Waals surface area contributed by atoms with E-state index >= 15 is 4.39 Å². The fourth-order valence-electron chi connectivity index (χ4n) is 5.10. The van der Waals surface area contributed by atoms with Crippen molar-refractivity contribution in [1.29, 1.82) is 0 Å². The molecule has 4 aromatic rings. The lowest BCUT2D eigenvalue weighted by molar-refractivity contribution is 0.310. The summed E-state index contributed by atoms with van der Waals surface area (Å²) in [6.07, 6.45) is 5.47. The molecule has 3 aromatic carbocycles. The number of nitrogens with two attached hydrogens (primary N) is 1. The van der Waals surface area contributed by atoms with Crippen LogP contribution in [-0.4, -0.2) is 30.5 Å². The van der Waals surface area contributed by atoms with Crippen molar-refractivity contribution >= 4 is 44.2 Å². The van der Waals surface area contributed by atoms with Gasteiger partial charge >= 0.3 is 0 Å². The van der Waals surface area contributed by atoms with E-state index in [-0.39, 0.29) is 21.6 Å². The van der Waals surface area contributed by atoms with Crippen molar-refractivity contribution in [3.63, 3.8) is 0 Å². The SMILES string of the molecule is CCc1cc(-c2ccc(NS(=O)(=O)c3ccccc3Cl)c(F)c2)cc2cnc(N[C@@H]3CC[C@H](N)[C@H](C)C3)nc12. The second-order valence-electron chi connectivity index (χ2n) is 10.1. The van der Waals surface area contributed by atoms with E-state index in [4.69, 9.17) is 22.3 Å². The highest BCUT2D eigenvalue weighted by molar-refractivity contribution is 7.92. The number of fused-ring (bicyclic) bond motifs is 1. The van der Waals surface area contributed by atoms with Gasteiger partial charge in [0.05, 0.1) is 16.2 Å². The molecule has 1 aliphatic rings. The van der Waals surface area contributed by atoms with Crippen LogP contribution in [0.25, 0.3) is 22.0 Å². The first kappa shape index (κ1) is 27.3. The summed E-state index contributed by atoms with van der Waals surface area (Å²) in [6, 6.07) is 14.9. The Labute approximate surface area is 233 Å². The predicted octanol–water partition coefficient (Wildman–Crippen LogP) is 6.38. The van der Waals surface area contributed by atoms with Gasteiger partial charge in [-0.25, -0.2) is 22.8 Å². The standard InChI is InChI=1S/C29H31ClFN5O2S/c1-3-18-13-20(14-21-16-33-29(35-28(18)21)34-22-9-10-25(32)17(2)12-22)19-8-11-26(24(31)15-19)36-39(37,38)27-7-5-4-6-23(27)30/h4-8,11,13-17,22,25,36H,3,9-10,12,32H2,1-2H3,(H,33,34,35)/t17-,22-,25+/m1/s1. The van der Waals surface area contributed by atoms with Gasteiger partial charge in [-0.2, -0.15) is 0 Å². The van der Waals surface area contributed by atoms with Gasteiger partial charge in [0.15, 0.2) is 0 Å². The number of aromatic nitrogens is 2. The Morgan fingerprint density at radius 1 is 1.10 bits per heavy atom. The first-order valence-electron chi connectivity index (χ1n) is 13.0. The van der Waals surface area contributed by atoms with Crippen LogP contribution in [0.4, 0.5) is 16.0 Å². The molecule has 1 aliphatic carbocycles. The molecule has 0 spiro atoms. The van der Waals surface area contributed by atoms with Crippen LogP contribution in [0.2, 0.25) is 5.02 Å². The predicted molar refractivity (Wildman–Crippen MR) is 155 cm³/mol. The molecule has 204 valence electrons. The highest BCUT2D eigenvalue weighted by atomic mass is 35.5. The molecule has 7 nitrogen and oxygen atoms in total. The van der Waals surface area contributed by atoms with Gasteiger partial charge in [-0.15, -0.1) is 0 Å². The van der Waals surface area contributed by atoms with Gasteiger partial charge in [-0.05, 0) is 84.7 Å². The van der Waals surface area contributed by atoms with Crippen molar-refractivity contribution in [1.82, 2.24) is 9.97 Å². The minimum absolute atomic E-state index is 0.0587. The van der Waals surface area contributed by atoms with Crippen molar-refractivity contribution < 1.29 is 12.8 Å². The molecule has 3 atom stereocenters. The molecular formula is C29H31ClFN5O2S. The number of benzene rings is 3. The Morgan fingerprint density at radius 3 is 2.62 bits per heavy atom. The number of hydrogen-bond acceptors (Lipinski definition) is 6. The third-order valence-electron chi connectivity index (χ3n) is 7.38. The maximum atomic E-state index is 15.1. The van der Waals surface area contributed by atoms with Crippen LogP contribution in [0.1, 0.15) is 38.7 Å². The Kier molecular flexibility index (Phi) is 7.75. The van der Waals surface area contributed by atoms with E-state index in [1.54, 1.807) is 24.4 Å². The highest BCUT2D eigenvalue weighted by Crippen LogP contribution is 2.32. The van der Waals surface area contributed by atoms with Crippen LogP contribution in [0, 0.1) is 11.7 Å². The van der Waals surface area contributed by atoms with Gasteiger partial charge in [-0.3, -0.25) is 4.72 Å². The van der Waals surface area contributed by atoms with E-state index in [9.17, 15) is 8.42 Å². The lowest BCUT2D eigenvalue weighted by Crippen LogP contribution is -2.39. The monoisotopic (exact) mass is 567 g/mol. The minimum Gasteiger partial charge on any atom is -0.351 e. The van der Waals surface area contributed by atoms with Gasteiger partial charge in [0.2, 0.25) is 5.95 Å². The average molecular weight is 568 g/mol. The van der Waals surface area contributed by atoms with Gasteiger partial charge in [0.25, 0.3) is 10.0 Å². The first-order valence-corrected chi connectivity index (χ1v) is 14.9. The highest BCUT2D eigenvalue weighted by Gasteiger charge is 2.25. The summed E-state index contributed by atoms with van der Waals surface area (Å²) in [4.78, 5) is 9.24. The summed E-state index contributed by atoms with van der Waals surface area (Å²) in [6.45, 7) is 4.23. The number of halogens is 2. The maximum absolute atomic E-state index is 15.1. The zero-order valence-electron chi connectivity index (χ0n) is 21.8. The summed E-state index contributed by atoms with van der Waals surface area (Å²) in [5, 5.41) is 4.38. The molecule has 4 N–H and O–H groups in total. The molecule has 0 unspecified atom stereocenters. The largest absolute Gasteiger partial charge is 0.351 e. The van der Waals surface area contributed by atoms with Crippen LogP contribution in [0.15, 0.2) is 65.7 Å². The molecule has 0 amide bonds. The second kappa shape index (κ2) is 11.1. The smallest absolute Gasteiger partial charge is 0.263 e. The number of nitrogens with one attached hydrogen (secondary N) is 2. The molecule has 39 heavy (non-hydrogen) atoms. The third kappa shape index (κ3) is 5.85. The van der Waals surface area contributed by atoms with Crippen LogP contribution < -0.4 is 15.8 Å². The van der Waals surface area contributed by atoms with Crippen molar-refractivity contribution in [2.75, 3.05) is 10.0 Å². The minimum atomic E-state index is -4.05. The molecule has 1 heterocycles. The zero-order valence-corrected chi connectivity index (χ0v) is 23.4. The van der Waals surface area contributed by atoms with Crippen LogP contribution in [-0.2, 0) is 16.4 Å². The van der Waals surface area contributed by atoms with E-state index in [1.165, 1.54) is 24.3 Å². The lowest BCUT2D eigenvalue weighted by atomic mass is 9.83. The molecule has 0 radical (unpaired) electrons. The number of sulfonamides is 1. The van der Waals surface area contributed by atoms with E-state index < -0.39 is 15.8 Å². The molecule has 0 saturated heterocycles. The van der Waals surface area contributed by atoms with E-state index in [1.807, 2.05) is 19.1 Å². The Bertz CT molecular complexity index is 1630. The zero-order chi connectivity index (χ0) is 27.7. The lowest BCUT2D eigenvalue weighted by Gasteiger charge is -2.32. The number of rotatable bonds is 7. The number of nitrogens with zero attached hydrogens (tertiary/aromatic N) is 2. The molecule has 10 heteroatoms. The quantitative estimate of drug-likeness (QED) is 0.239. The fraction of sp³-hybridized carbons (Fsp3) is 0.310. The Balaban J connectivity index is 1.40. The van der Waals surface area contributed by atoms with Gasteiger partial charge in [-0.1, -0.05) is 43.6 Å². The van der Waals surface area contributed by atoms with Crippen LogP contribution >= 0.6 is 11.6 Å². The van der Waals surface area contributed by atoms with E-state index in [0.29, 0.717) is 23.5 Å². The van der Waals surface area contributed by atoms with Crippen molar-refractivity contribution in [2.45, 2.75) is 56.5 Å². The molecule has 5 rings (SSSR count). The van der Waals surface area contributed by atoms with Crippen molar-refractivity contribution in [3.05, 3.63) is 77.2 Å². The summed E-state index contributed by atoms with van der Waals surface area (Å²) >= 11 is 6.03. The normalized spacial score (nSPS) is 19.7. The summed E-state index contributed by atoms with van der Waals surface area (Å²) in [5.41, 5.74) is 9.27. The molecule has 1 aromatic heterocycles. The van der Waals surface area contributed by atoms with Crippen molar-refractivity contribution in [3.8, 4) is 11.1 Å². The number of anilines is 2. The summed E-state index contributed by atoms with van der Waals surface area (Å²) < 4.78 is 42.9. The van der Waals surface area contributed by atoms with Gasteiger partial charge < -0.3 is 11.1 Å². The Hall–Kier alpha value is -3.27. The average Bonchev–Trinajstić information content (AvgIpc) is 2.91. The molecule has 0 bridgehead atoms. The second-order valence-corrected chi connectivity index (χ2v) is 12.2. The molecular weight excluding hydrogens is 537 g/mol. The summed E-state index contributed by atoms with van der Waals surface area (Å²) in [5.74, 6) is 0.348. The van der Waals surface area contributed by atoms with E-state index in [0.717, 1.165) is 47.7 Å². The van der Waals surface area contributed by atoms with Gasteiger partial charge in [0.1, 0.15) is 10.7 Å². The number of aryl methyl sites for hydroxylation is 1. The van der Waals surface area contributed by atoms with Crippen molar-refractivity contribution in [2.24, 2.45) is 11.7 Å². The van der Waals surface area contributed by atoms with Crippen LogP contribution in [0.5, 0.6) is 0 Å². The topological polar surface area (TPSA) is 110 Å². The fourth-order valence-corrected chi connectivity index (χ4v) is 6.69. The molecule has 0 aliphatic heterocycles. The number of hydrogen-bond donors (Lipinski definition) is 3. The van der Waals surface area contributed by atoms with E-state index in [2.05, 4.69) is 21.9 Å². The first-order chi connectivity index (χ1) is 18.6. The van der Waals surface area contributed by atoms with Crippen LogP contribution in [0.3, 0.4) is 0 Å². The summed E-state index contributed by atoms with van der Waals surface area (Å²) in [7, 11) is -4.05.